The summed E-state index contributed by atoms with van der Waals surface area (Å²) in [4.78, 5) is 14.5. The normalized spacial score (nSPS) is 15.4. The van der Waals surface area contributed by atoms with Crippen molar-refractivity contribution in [1.29, 1.82) is 0 Å². The molecular weight excluding hydrogens is 825 g/mol. The van der Waals surface area contributed by atoms with Gasteiger partial charge < -0.3 is 19.3 Å². The zero-order chi connectivity index (χ0) is 41.6. The third-order valence-corrected chi connectivity index (χ3v) is 16.0. The molecule has 6 aromatic rings. The average molecular weight is 873 g/mol. The molecule has 0 saturated carbocycles. The second-order valence-corrected chi connectivity index (χ2v) is 19.6. The lowest BCUT2D eigenvalue weighted by atomic mass is 10.1. The number of piperazine rings is 2. The molecule has 0 atom stereocenters. The van der Waals surface area contributed by atoms with Crippen molar-refractivity contribution in [1.82, 2.24) is 18.6 Å². The van der Waals surface area contributed by atoms with Crippen LogP contribution in [0, 0.1) is 6.92 Å². The zero-order valence-corrected chi connectivity index (χ0v) is 36.8. The van der Waals surface area contributed by atoms with Gasteiger partial charge in [0.2, 0.25) is 20.0 Å². The molecule has 2 aliphatic heterocycles. The van der Waals surface area contributed by atoms with Gasteiger partial charge in [-0.2, -0.15) is 8.61 Å². The number of anilines is 2. The lowest BCUT2D eigenvalue weighted by Gasteiger charge is -2.33. The van der Waals surface area contributed by atoms with Gasteiger partial charge in [0.15, 0.2) is 10.3 Å². The number of methoxy groups -OCH3 is 2. The average Bonchev–Trinajstić information content (AvgIpc) is 3.99. The summed E-state index contributed by atoms with van der Waals surface area (Å²) >= 11 is 3.20. The molecule has 2 aromatic heterocycles. The van der Waals surface area contributed by atoms with E-state index in [2.05, 4.69) is 82.9 Å². The van der Waals surface area contributed by atoms with E-state index in [1.54, 1.807) is 94.0 Å². The molecule has 16 heteroatoms. The summed E-state index contributed by atoms with van der Waals surface area (Å²) in [5, 5.41) is 5.99. The van der Waals surface area contributed by atoms with E-state index in [0.29, 0.717) is 73.6 Å². The number of rotatable bonds is 11. The first-order chi connectivity index (χ1) is 28.5. The number of hydrogen-bond donors (Lipinski definition) is 0. The molecule has 59 heavy (non-hydrogen) atoms. The Hall–Kier alpha value is -4.84. The van der Waals surface area contributed by atoms with Crippen LogP contribution in [-0.4, -0.2) is 102 Å². The molecule has 0 radical (unpaired) electrons. The van der Waals surface area contributed by atoms with Crippen LogP contribution in [0.4, 0.5) is 10.3 Å². The van der Waals surface area contributed by atoms with E-state index in [9.17, 15) is 16.8 Å². The quantitative estimate of drug-likeness (QED) is 0.129. The Morgan fingerprint density at radius 1 is 0.542 bits per heavy atom. The van der Waals surface area contributed by atoms with Crippen LogP contribution in [-0.2, 0) is 26.5 Å². The van der Waals surface area contributed by atoms with Gasteiger partial charge in [-0.3, -0.25) is 0 Å². The van der Waals surface area contributed by atoms with Crippen LogP contribution >= 0.6 is 22.7 Å². The van der Waals surface area contributed by atoms with E-state index in [4.69, 9.17) is 19.4 Å². The second kappa shape index (κ2) is 18.6. The Morgan fingerprint density at radius 3 is 1.27 bits per heavy atom. The number of nitrogens with zero attached hydrogens (tertiary/aromatic N) is 6. The van der Waals surface area contributed by atoms with Crippen LogP contribution in [0.1, 0.15) is 18.1 Å². The number of sulfonamides is 2. The van der Waals surface area contributed by atoms with Gasteiger partial charge in [0.25, 0.3) is 0 Å². The first-order valence-corrected chi connectivity index (χ1v) is 24.0. The van der Waals surface area contributed by atoms with Crippen molar-refractivity contribution in [3.05, 3.63) is 119 Å². The fourth-order valence-corrected chi connectivity index (χ4v) is 11.4. The van der Waals surface area contributed by atoms with Gasteiger partial charge in [-0.05, 0) is 67.4 Å². The van der Waals surface area contributed by atoms with Crippen molar-refractivity contribution in [2.45, 2.75) is 30.1 Å². The van der Waals surface area contributed by atoms with Crippen LogP contribution in [0.3, 0.4) is 0 Å². The lowest BCUT2D eigenvalue weighted by Crippen LogP contribution is -2.48. The SMILES string of the molecule is CCc1ccc(-c2csc(N3CCN(S(=O)(=O)c4ccc(OC)cc4)CC3)n2)cc1.COc1ccc(S(=O)(=O)N2CCN(c3nc(-c4ccc(C)cc4)cs3)CC2)cc1. The van der Waals surface area contributed by atoms with Crippen LogP contribution in [0.15, 0.2) is 118 Å². The first-order valence-electron chi connectivity index (χ1n) is 19.3. The topological polar surface area (TPSA) is 125 Å². The number of aryl methyl sites for hydroxylation is 2. The monoisotopic (exact) mass is 872 g/mol. The summed E-state index contributed by atoms with van der Waals surface area (Å²) in [5.41, 5.74) is 6.65. The molecule has 0 unspecified atom stereocenters. The van der Waals surface area contributed by atoms with E-state index >= 15 is 0 Å². The summed E-state index contributed by atoms with van der Waals surface area (Å²) in [5.74, 6) is 1.28. The Labute approximate surface area is 355 Å². The maximum absolute atomic E-state index is 12.9. The van der Waals surface area contributed by atoms with Gasteiger partial charge >= 0.3 is 0 Å². The van der Waals surface area contributed by atoms with E-state index in [1.807, 2.05) is 0 Å². The van der Waals surface area contributed by atoms with Crippen molar-refractivity contribution in [3.8, 4) is 34.0 Å². The molecule has 4 aromatic carbocycles. The Morgan fingerprint density at radius 2 is 0.915 bits per heavy atom. The van der Waals surface area contributed by atoms with Crippen LogP contribution in [0.2, 0.25) is 0 Å². The van der Waals surface area contributed by atoms with Gasteiger partial charge in [-0.25, -0.2) is 26.8 Å². The molecule has 2 fully saturated rings. The zero-order valence-electron chi connectivity index (χ0n) is 33.5. The van der Waals surface area contributed by atoms with Crippen LogP contribution in [0.5, 0.6) is 11.5 Å². The minimum absolute atomic E-state index is 0.294. The summed E-state index contributed by atoms with van der Waals surface area (Å²) in [7, 11) is -3.88. The molecule has 310 valence electrons. The Balaban J connectivity index is 0.000000179. The fourth-order valence-electron chi connectivity index (χ4n) is 6.75. The third kappa shape index (κ3) is 9.80. The highest BCUT2D eigenvalue weighted by atomic mass is 32.2. The highest BCUT2D eigenvalue weighted by Crippen LogP contribution is 2.31. The van der Waals surface area contributed by atoms with Gasteiger partial charge in [0.05, 0.1) is 35.4 Å². The van der Waals surface area contributed by atoms with Crippen LogP contribution in [0.25, 0.3) is 22.5 Å². The van der Waals surface area contributed by atoms with E-state index in [0.717, 1.165) is 39.2 Å². The minimum Gasteiger partial charge on any atom is -0.497 e. The molecule has 4 heterocycles. The summed E-state index contributed by atoms with van der Waals surface area (Å²) < 4.78 is 65.0. The summed E-state index contributed by atoms with van der Waals surface area (Å²) in [6.45, 7) is 8.45. The highest BCUT2D eigenvalue weighted by Gasteiger charge is 2.31. The van der Waals surface area contributed by atoms with E-state index in [1.165, 1.54) is 11.1 Å². The lowest BCUT2D eigenvalue weighted by molar-refractivity contribution is 0.384. The van der Waals surface area contributed by atoms with E-state index < -0.39 is 20.0 Å². The van der Waals surface area contributed by atoms with Crippen molar-refractivity contribution in [2.24, 2.45) is 0 Å². The number of thiazole rings is 2. The first kappa shape index (κ1) is 42.3. The Kier molecular flexibility index (Phi) is 13.3. The number of hydrogen-bond acceptors (Lipinski definition) is 12. The molecule has 12 nitrogen and oxygen atoms in total. The smallest absolute Gasteiger partial charge is 0.243 e. The molecule has 8 rings (SSSR count). The van der Waals surface area contributed by atoms with Gasteiger partial charge in [-0.15, -0.1) is 22.7 Å². The van der Waals surface area contributed by atoms with Crippen molar-refractivity contribution in [2.75, 3.05) is 76.4 Å². The minimum atomic E-state index is -3.50. The standard InChI is InChI=1S/C22H25N3O3S2.C21H23N3O3S2/c1-3-17-4-6-18(7-5-17)21-16-29-22(23-21)24-12-14-25(15-13-24)30(26,27)20-10-8-19(28-2)9-11-20;1-16-3-5-17(6-4-16)20-15-28-21(22-20)23-11-13-24(14-12-23)29(25,26)19-9-7-18(27-2)8-10-19/h4-11,16H,3,12-15H2,1-2H3;3-10,15H,11-14H2,1-2H3. The van der Waals surface area contributed by atoms with Crippen molar-refractivity contribution in [3.63, 3.8) is 0 Å². The third-order valence-electron chi connectivity index (χ3n) is 10.4. The molecule has 0 aliphatic carbocycles. The maximum atomic E-state index is 12.9. The van der Waals surface area contributed by atoms with E-state index in [-0.39, 0.29) is 0 Å². The van der Waals surface area contributed by atoms with Gasteiger partial charge in [-0.1, -0.05) is 61.0 Å². The molecular formula is C43H48N6O6S4. The largest absolute Gasteiger partial charge is 0.497 e. The molecule has 2 aliphatic rings. The number of ether oxygens (including phenoxy) is 2. The van der Waals surface area contributed by atoms with Gasteiger partial charge in [0.1, 0.15) is 11.5 Å². The molecule has 0 N–H and O–H groups in total. The van der Waals surface area contributed by atoms with Gasteiger partial charge in [0, 0.05) is 74.2 Å². The maximum Gasteiger partial charge on any atom is 0.243 e. The predicted octanol–water partition coefficient (Wildman–Crippen LogP) is 7.53. The number of benzene rings is 4. The molecule has 0 bridgehead atoms. The molecule has 0 amide bonds. The van der Waals surface area contributed by atoms with Crippen LogP contribution < -0.4 is 19.3 Å². The van der Waals surface area contributed by atoms with Crippen molar-refractivity contribution >= 4 is 53.0 Å². The Bertz CT molecular complexity index is 2510. The fraction of sp³-hybridized carbons (Fsp3) is 0.302. The highest BCUT2D eigenvalue weighted by molar-refractivity contribution is 7.89. The molecule has 2 saturated heterocycles. The summed E-state index contributed by atoms with van der Waals surface area (Å²) in [6.07, 6.45) is 1.02. The number of aromatic nitrogens is 2. The second-order valence-electron chi connectivity index (χ2n) is 14.1. The molecule has 0 spiro atoms. The predicted molar refractivity (Wildman–Crippen MR) is 237 cm³/mol. The van der Waals surface area contributed by atoms with Crippen molar-refractivity contribution < 1.29 is 26.3 Å². The summed E-state index contributed by atoms with van der Waals surface area (Å²) in [6, 6.07) is 29.9.